The molecule has 0 spiro atoms. The molecule has 0 aliphatic carbocycles. The van der Waals surface area contributed by atoms with Crippen molar-refractivity contribution in [2.24, 2.45) is 0 Å². The molecular weight excluding hydrogens is 343 g/mol. The van der Waals surface area contributed by atoms with E-state index in [2.05, 4.69) is 4.98 Å². The molecule has 6 heteroatoms. The highest BCUT2D eigenvalue weighted by molar-refractivity contribution is 6.33. The van der Waals surface area contributed by atoms with E-state index in [1.165, 1.54) is 18.2 Å². The van der Waals surface area contributed by atoms with Crippen molar-refractivity contribution >= 4 is 17.1 Å². The average molecular weight is 355 g/mol. The van der Waals surface area contributed by atoms with Crippen LogP contribution in [0.15, 0.2) is 60.8 Å². The molecule has 0 bridgehead atoms. The van der Waals surface area contributed by atoms with Gasteiger partial charge in [0.05, 0.1) is 16.1 Å². The molecule has 4 aromatic rings. The van der Waals surface area contributed by atoms with Gasteiger partial charge in [0.2, 0.25) is 0 Å². The zero-order valence-electron chi connectivity index (χ0n) is 12.8. The Balaban J connectivity index is 2.08. The Morgan fingerprint density at radius 2 is 1.76 bits per heavy atom. The third kappa shape index (κ3) is 2.40. The Bertz CT molecular complexity index is 1090. The Hall–Kier alpha value is -3.05. The molecule has 124 valence electrons. The lowest BCUT2D eigenvalue weighted by atomic mass is 10.1. The van der Waals surface area contributed by atoms with E-state index < -0.39 is 11.6 Å². The topological polar surface area (TPSA) is 57.8 Å². The van der Waals surface area contributed by atoms with Gasteiger partial charge < -0.3 is 10.2 Å². The van der Waals surface area contributed by atoms with Crippen LogP contribution in [0, 0.1) is 5.82 Å². The first-order valence-corrected chi connectivity index (χ1v) is 7.88. The minimum atomic E-state index is -0.725. The van der Waals surface area contributed by atoms with E-state index in [0.717, 1.165) is 0 Å². The molecule has 2 N–H and O–H groups in total. The van der Waals surface area contributed by atoms with Crippen LogP contribution in [0.5, 0.6) is 11.5 Å². The maximum atomic E-state index is 13.8. The smallest absolute Gasteiger partial charge is 0.165 e. The van der Waals surface area contributed by atoms with Crippen LogP contribution in [0.3, 0.4) is 0 Å². The Kier molecular flexibility index (Phi) is 3.58. The number of aromatic nitrogens is 2. The molecule has 0 saturated heterocycles. The summed E-state index contributed by atoms with van der Waals surface area (Å²) in [4.78, 5) is 4.55. The SMILES string of the molecule is Oc1cccc(Cl)c1-c1nc(-c2cccc(F)c2O)c2ccccn12. The third-order valence-electron chi connectivity index (χ3n) is 4.01. The second-order valence-corrected chi connectivity index (χ2v) is 5.92. The Morgan fingerprint density at radius 1 is 0.960 bits per heavy atom. The van der Waals surface area contributed by atoms with Crippen molar-refractivity contribution in [1.29, 1.82) is 0 Å². The van der Waals surface area contributed by atoms with Crippen molar-refractivity contribution in [3.8, 4) is 34.1 Å². The Morgan fingerprint density at radius 3 is 2.56 bits per heavy atom. The minimum absolute atomic E-state index is 0.0155. The van der Waals surface area contributed by atoms with Crippen molar-refractivity contribution in [2.75, 3.05) is 0 Å². The summed E-state index contributed by atoms with van der Waals surface area (Å²) in [5.41, 5.74) is 1.68. The number of aromatic hydroxyl groups is 2. The quantitative estimate of drug-likeness (QED) is 0.540. The molecular formula is C19H12ClFN2O2. The first kappa shape index (κ1) is 15.5. The number of halogens is 2. The second-order valence-electron chi connectivity index (χ2n) is 5.51. The van der Waals surface area contributed by atoms with Crippen LogP contribution in [-0.2, 0) is 0 Å². The number of phenolic OH excluding ortho intramolecular Hbond substituents is 2. The zero-order valence-corrected chi connectivity index (χ0v) is 13.6. The molecule has 0 aliphatic heterocycles. The van der Waals surface area contributed by atoms with Gasteiger partial charge in [-0.2, -0.15) is 0 Å². The summed E-state index contributed by atoms with van der Waals surface area (Å²) in [6, 6.07) is 14.5. The maximum Gasteiger partial charge on any atom is 0.165 e. The zero-order chi connectivity index (χ0) is 17.6. The van der Waals surface area contributed by atoms with E-state index in [9.17, 15) is 14.6 Å². The maximum absolute atomic E-state index is 13.8. The van der Waals surface area contributed by atoms with E-state index in [0.29, 0.717) is 27.6 Å². The number of rotatable bonds is 2. The summed E-state index contributed by atoms with van der Waals surface area (Å²) in [5.74, 6) is -0.811. The number of phenols is 2. The van der Waals surface area contributed by atoms with Crippen molar-refractivity contribution in [1.82, 2.24) is 9.38 Å². The fourth-order valence-corrected chi connectivity index (χ4v) is 3.11. The first-order chi connectivity index (χ1) is 12.1. The lowest BCUT2D eigenvalue weighted by Crippen LogP contribution is -1.89. The van der Waals surface area contributed by atoms with Gasteiger partial charge in [0.1, 0.15) is 11.4 Å². The predicted octanol–water partition coefficient (Wildman–Crippen LogP) is 4.87. The normalized spacial score (nSPS) is 11.1. The summed E-state index contributed by atoms with van der Waals surface area (Å²) < 4.78 is 15.5. The van der Waals surface area contributed by atoms with Crippen molar-refractivity contribution < 1.29 is 14.6 Å². The van der Waals surface area contributed by atoms with Gasteiger partial charge in [-0.05, 0) is 36.4 Å². The van der Waals surface area contributed by atoms with Crippen molar-refractivity contribution in [3.05, 3.63) is 71.6 Å². The highest BCUT2D eigenvalue weighted by atomic mass is 35.5. The van der Waals surface area contributed by atoms with Crippen molar-refractivity contribution in [2.45, 2.75) is 0 Å². The molecule has 0 aliphatic rings. The van der Waals surface area contributed by atoms with Gasteiger partial charge in [0, 0.05) is 11.8 Å². The van der Waals surface area contributed by atoms with Crippen LogP contribution in [0.25, 0.3) is 28.2 Å². The number of nitrogens with zero attached hydrogens (tertiary/aromatic N) is 2. The fraction of sp³-hybridized carbons (Fsp3) is 0. The van der Waals surface area contributed by atoms with E-state index in [4.69, 9.17) is 11.6 Å². The largest absolute Gasteiger partial charge is 0.507 e. The molecule has 0 fully saturated rings. The molecule has 2 aromatic carbocycles. The first-order valence-electron chi connectivity index (χ1n) is 7.50. The van der Waals surface area contributed by atoms with Crippen molar-refractivity contribution in [3.63, 3.8) is 0 Å². The van der Waals surface area contributed by atoms with E-state index in [1.807, 2.05) is 6.07 Å². The van der Waals surface area contributed by atoms with E-state index in [1.54, 1.807) is 40.9 Å². The monoisotopic (exact) mass is 354 g/mol. The van der Waals surface area contributed by atoms with Gasteiger partial charge in [-0.25, -0.2) is 9.37 Å². The summed E-state index contributed by atoms with van der Waals surface area (Å²) >= 11 is 6.25. The second kappa shape index (κ2) is 5.79. The van der Waals surface area contributed by atoms with Crippen LogP contribution >= 0.6 is 11.6 Å². The van der Waals surface area contributed by atoms with Gasteiger partial charge in [-0.1, -0.05) is 29.8 Å². The summed E-state index contributed by atoms with van der Waals surface area (Å²) in [6.45, 7) is 0. The molecule has 4 rings (SSSR count). The number of hydrogen-bond donors (Lipinski definition) is 2. The van der Waals surface area contributed by atoms with Crippen LogP contribution in [0.1, 0.15) is 0 Å². The van der Waals surface area contributed by atoms with Gasteiger partial charge in [-0.3, -0.25) is 4.40 Å². The summed E-state index contributed by atoms with van der Waals surface area (Å²) in [7, 11) is 0. The molecule has 2 heterocycles. The number of benzene rings is 2. The van der Waals surface area contributed by atoms with Gasteiger partial charge >= 0.3 is 0 Å². The number of pyridine rings is 1. The van der Waals surface area contributed by atoms with Crippen LogP contribution in [0.4, 0.5) is 4.39 Å². The van der Waals surface area contributed by atoms with Gasteiger partial charge in [-0.15, -0.1) is 0 Å². The average Bonchev–Trinajstić information content (AvgIpc) is 2.97. The van der Waals surface area contributed by atoms with E-state index in [-0.39, 0.29) is 11.3 Å². The van der Waals surface area contributed by atoms with Crippen LogP contribution < -0.4 is 0 Å². The van der Waals surface area contributed by atoms with Gasteiger partial charge in [0.25, 0.3) is 0 Å². The van der Waals surface area contributed by atoms with Crippen LogP contribution in [-0.4, -0.2) is 19.6 Å². The molecule has 0 radical (unpaired) electrons. The fourth-order valence-electron chi connectivity index (χ4n) is 2.85. The molecule has 2 aromatic heterocycles. The molecule has 4 nitrogen and oxygen atoms in total. The molecule has 0 saturated carbocycles. The van der Waals surface area contributed by atoms with E-state index >= 15 is 0 Å². The Labute approximate surface area is 147 Å². The highest BCUT2D eigenvalue weighted by Gasteiger charge is 2.21. The predicted molar refractivity (Wildman–Crippen MR) is 94.4 cm³/mol. The number of para-hydroxylation sites is 1. The number of imidazole rings is 1. The number of fused-ring (bicyclic) bond motifs is 1. The highest BCUT2D eigenvalue weighted by Crippen LogP contribution is 2.40. The minimum Gasteiger partial charge on any atom is -0.507 e. The molecule has 0 unspecified atom stereocenters. The summed E-state index contributed by atoms with van der Waals surface area (Å²) in [6.07, 6.45) is 1.76. The van der Waals surface area contributed by atoms with Crippen LogP contribution in [0.2, 0.25) is 5.02 Å². The lowest BCUT2D eigenvalue weighted by Gasteiger charge is -2.05. The summed E-state index contributed by atoms with van der Waals surface area (Å²) in [5, 5.41) is 20.7. The molecule has 0 amide bonds. The third-order valence-corrected chi connectivity index (χ3v) is 4.32. The van der Waals surface area contributed by atoms with Gasteiger partial charge in [0.15, 0.2) is 17.4 Å². The molecule has 0 atom stereocenters. The number of hydrogen-bond acceptors (Lipinski definition) is 3. The lowest BCUT2D eigenvalue weighted by molar-refractivity contribution is 0.434. The standard InChI is InChI=1S/C19H12ClFN2O2/c20-12-6-4-9-15(24)16(12)19-22-17(14-8-1-2-10-23(14)19)11-5-3-7-13(21)18(11)25/h1-10,24-25H. The molecule has 25 heavy (non-hydrogen) atoms.